The topological polar surface area (TPSA) is 35.5 Å². The van der Waals surface area contributed by atoms with Crippen LogP contribution in [0.4, 0.5) is 0 Å². The van der Waals surface area contributed by atoms with Crippen molar-refractivity contribution in [2.24, 2.45) is 11.8 Å². The van der Waals surface area contributed by atoms with Crippen LogP contribution in [0.3, 0.4) is 0 Å². The summed E-state index contributed by atoms with van der Waals surface area (Å²) in [6.07, 6.45) is 10.2. The quantitative estimate of drug-likeness (QED) is 0.411. The summed E-state index contributed by atoms with van der Waals surface area (Å²) in [6, 6.07) is 8.00. The molecule has 1 aliphatic carbocycles. The fourth-order valence-corrected chi connectivity index (χ4v) is 2.48. The highest BCUT2D eigenvalue weighted by molar-refractivity contribution is 5.69. The Hall–Kier alpha value is -1.77. The van der Waals surface area contributed by atoms with Gasteiger partial charge < -0.3 is 9.47 Å². The Bertz CT molecular complexity index is 512. The van der Waals surface area contributed by atoms with Crippen LogP contribution >= 0.6 is 0 Å². The van der Waals surface area contributed by atoms with Crippen molar-refractivity contribution in [2.45, 2.75) is 52.4 Å². The molecule has 1 aromatic carbocycles. The molecule has 0 heterocycles. The number of carbonyl (C=O) groups is 1. The van der Waals surface area contributed by atoms with Gasteiger partial charge in [0.05, 0.1) is 6.61 Å². The summed E-state index contributed by atoms with van der Waals surface area (Å²) in [6.45, 7) is 5.57. The highest BCUT2D eigenvalue weighted by Gasteiger charge is 2.21. The van der Waals surface area contributed by atoms with E-state index in [-0.39, 0.29) is 5.97 Å². The molecule has 0 aromatic heterocycles. The first-order valence-electron chi connectivity index (χ1n) is 9.18. The van der Waals surface area contributed by atoms with Crippen molar-refractivity contribution >= 4 is 12.0 Å². The SMILES string of the molecule is CC(C)CCCOc1ccc(C=CCOC(=O)CCC2CC2)cc1. The average molecular weight is 330 g/mol. The van der Waals surface area contributed by atoms with E-state index in [1.54, 1.807) is 0 Å². The van der Waals surface area contributed by atoms with Crippen molar-refractivity contribution in [3.05, 3.63) is 35.9 Å². The summed E-state index contributed by atoms with van der Waals surface area (Å²) < 4.78 is 10.9. The Morgan fingerprint density at radius 1 is 1.25 bits per heavy atom. The number of hydrogen-bond donors (Lipinski definition) is 0. The molecule has 0 unspecified atom stereocenters. The monoisotopic (exact) mass is 330 g/mol. The molecule has 1 fully saturated rings. The van der Waals surface area contributed by atoms with Gasteiger partial charge in [0.25, 0.3) is 0 Å². The molecule has 0 bridgehead atoms. The zero-order valence-corrected chi connectivity index (χ0v) is 15.0. The third-order valence-electron chi connectivity index (χ3n) is 4.18. The molecule has 2 rings (SSSR count). The minimum absolute atomic E-state index is 0.0864. The van der Waals surface area contributed by atoms with Crippen LogP contribution in [0.15, 0.2) is 30.3 Å². The lowest BCUT2D eigenvalue weighted by molar-refractivity contribution is -0.142. The van der Waals surface area contributed by atoms with Gasteiger partial charge in [0.2, 0.25) is 0 Å². The van der Waals surface area contributed by atoms with E-state index in [1.165, 1.54) is 19.3 Å². The third-order valence-corrected chi connectivity index (χ3v) is 4.18. The van der Waals surface area contributed by atoms with Crippen LogP contribution < -0.4 is 4.74 Å². The van der Waals surface area contributed by atoms with Crippen LogP contribution in [0.2, 0.25) is 0 Å². The first-order valence-corrected chi connectivity index (χ1v) is 9.18. The minimum atomic E-state index is -0.0864. The van der Waals surface area contributed by atoms with Gasteiger partial charge >= 0.3 is 5.97 Å². The minimum Gasteiger partial charge on any atom is -0.494 e. The number of esters is 1. The van der Waals surface area contributed by atoms with Crippen molar-refractivity contribution in [2.75, 3.05) is 13.2 Å². The fourth-order valence-electron chi connectivity index (χ4n) is 2.48. The fraction of sp³-hybridized carbons (Fsp3) is 0.571. The van der Waals surface area contributed by atoms with Gasteiger partial charge in [0.1, 0.15) is 12.4 Å². The molecular formula is C21H30O3. The predicted molar refractivity (Wildman–Crippen MR) is 98.0 cm³/mol. The molecule has 132 valence electrons. The van der Waals surface area contributed by atoms with E-state index < -0.39 is 0 Å². The molecule has 0 saturated heterocycles. The van der Waals surface area contributed by atoms with E-state index in [9.17, 15) is 4.79 Å². The standard InChI is InChI=1S/C21H30O3/c1-17(2)5-3-15-23-20-12-9-18(10-13-20)6-4-16-24-21(22)14-11-19-7-8-19/h4,6,9-10,12-13,17,19H,3,5,7-8,11,14-16H2,1-2H3. The Balaban J connectivity index is 1.60. The summed E-state index contributed by atoms with van der Waals surface area (Å²) in [5.74, 6) is 2.32. The molecule has 3 nitrogen and oxygen atoms in total. The van der Waals surface area contributed by atoms with Gasteiger partial charge in [0, 0.05) is 6.42 Å². The normalized spacial score (nSPS) is 14.3. The largest absolute Gasteiger partial charge is 0.494 e. The first-order chi connectivity index (χ1) is 11.6. The van der Waals surface area contributed by atoms with Gasteiger partial charge in [-0.05, 0) is 54.9 Å². The van der Waals surface area contributed by atoms with E-state index >= 15 is 0 Å². The molecule has 1 aliphatic rings. The van der Waals surface area contributed by atoms with Crippen LogP contribution in [0, 0.1) is 11.8 Å². The molecule has 0 N–H and O–H groups in total. The Morgan fingerprint density at radius 2 is 2.00 bits per heavy atom. The van der Waals surface area contributed by atoms with Crippen LogP contribution in [0.1, 0.15) is 57.9 Å². The zero-order chi connectivity index (χ0) is 17.2. The summed E-state index contributed by atoms with van der Waals surface area (Å²) in [5.41, 5.74) is 1.08. The van der Waals surface area contributed by atoms with E-state index in [2.05, 4.69) is 13.8 Å². The van der Waals surface area contributed by atoms with Crippen LogP contribution in [0.5, 0.6) is 5.75 Å². The first kappa shape index (κ1) is 18.6. The van der Waals surface area contributed by atoms with Gasteiger partial charge in [0.15, 0.2) is 0 Å². The van der Waals surface area contributed by atoms with Crippen LogP contribution in [0.25, 0.3) is 6.08 Å². The van der Waals surface area contributed by atoms with E-state index in [0.29, 0.717) is 13.0 Å². The number of carbonyl (C=O) groups excluding carboxylic acids is 1. The van der Waals surface area contributed by atoms with E-state index in [4.69, 9.17) is 9.47 Å². The van der Waals surface area contributed by atoms with Crippen molar-refractivity contribution < 1.29 is 14.3 Å². The number of hydrogen-bond acceptors (Lipinski definition) is 3. The maximum absolute atomic E-state index is 11.5. The Morgan fingerprint density at radius 3 is 2.67 bits per heavy atom. The van der Waals surface area contributed by atoms with Gasteiger partial charge in [-0.3, -0.25) is 4.79 Å². The Kier molecular flexibility index (Phi) is 7.87. The maximum atomic E-state index is 11.5. The average Bonchev–Trinajstić information content (AvgIpc) is 3.39. The molecule has 1 saturated carbocycles. The van der Waals surface area contributed by atoms with Gasteiger partial charge in [-0.1, -0.05) is 44.9 Å². The second-order valence-electron chi connectivity index (χ2n) is 7.02. The Labute approximate surface area is 146 Å². The molecule has 24 heavy (non-hydrogen) atoms. The third kappa shape index (κ3) is 8.19. The summed E-state index contributed by atoms with van der Waals surface area (Å²) >= 11 is 0. The van der Waals surface area contributed by atoms with E-state index in [0.717, 1.165) is 42.6 Å². The summed E-state index contributed by atoms with van der Waals surface area (Å²) in [7, 11) is 0. The summed E-state index contributed by atoms with van der Waals surface area (Å²) in [4.78, 5) is 11.5. The molecule has 0 amide bonds. The second-order valence-corrected chi connectivity index (χ2v) is 7.02. The molecule has 0 radical (unpaired) electrons. The van der Waals surface area contributed by atoms with Crippen molar-refractivity contribution in [3.8, 4) is 5.75 Å². The zero-order valence-electron chi connectivity index (χ0n) is 15.0. The lowest BCUT2D eigenvalue weighted by Crippen LogP contribution is -2.04. The molecule has 0 aliphatic heterocycles. The number of benzene rings is 1. The molecule has 1 aromatic rings. The highest BCUT2D eigenvalue weighted by atomic mass is 16.5. The van der Waals surface area contributed by atoms with Gasteiger partial charge in [-0.25, -0.2) is 0 Å². The number of ether oxygens (including phenoxy) is 2. The van der Waals surface area contributed by atoms with Gasteiger partial charge in [-0.15, -0.1) is 0 Å². The smallest absolute Gasteiger partial charge is 0.306 e. The van der Waals surface area contributed by atoms with Crippen molar-refractivity contribution in [1.29, 1.82) is 0 Å². The lowest BCUT2D eigenvalue weighted by Gasteiger charge is -2.07. The van der Waals surface area contributed by atoms with Crippen LogP contribution in [-0.4, -0.2) is 19.2 Å². The maximum Gasteiger partial charge on any atom is 0.306 e. The molecule has 3 heteroatoms. The predicted octanol–water partition coefficient (Wildman–Crippen LogP) is 5.25. The lowest BCUT2D eigenvalue weighted by atomic mass is 10.1. The molecular weight excluding hydrogens is 300 g/mol. The highest BCUT2D eigenvalue weighted by Crippen LogP contribution is 2.33. The van der Waals surface area contributed by atoms with Crippen LogP contribution in [-0.2, 0) is 9.53 Å². The second kappa shape index (κ2) is 10.2. The number of rotatable bonds is 11. The van der Waals surface area contributed by atoms with Crippen molar-refractivity contribution in [1.82, 2.24) is 0 Å². The van der Waals surface area contributed by atoms with Gasteiger partial charge in [-0.2, -0.15) is 0 Å². The van der Waals surface area contributed by atoms with E-state index in [1.807, 2.05) is 36.4 Å². The summed E-state index contributed by atoms with van der Waals surface area (Å²) in [5, 5.41) is 0. The molecule has 0 spiro atoms. The molecule has 0 atom stereocenters. The van der Waals surface area contributed by atoms with Crippen molar-refractivity contribution in [3.63, 3.8) is 0 Å².